The zero-order valence-electron chi connectivity index (χ0n) is 26.9. The lowest BCUT2D eigenvalue weighted by Gasteiger charge is -2.31. The summed E-state index contributed by atoms with van der Waals surface area (Å²) in [4.78, 5) is 27.8. The van der Waals surface area contributed by atoms with E-state index in [2.05, 4.69) is 36.4 Å². The normalized spacial score (nSPS) is 12.4. The number of benzene rings is 4. The van der Waals surface area contributed by atoms with E-state index in [0.29, 0.717) is 49.2 Å². The Kier molecular flexibility index (Phi) is 9.67. The summed E-state index contributed by atoms with van der Waals surface area (Å²) in [6.07, 6.45) is 6.66. The molecule has 0 radical (unpaired) electrons. The topological polar surface area (TPSA) is 96.7 Å². The Morgan fingerprint density at radius 1 is 0.936 bits per heavy atom. The quantitative estimate of drug-likeness (QED) is 0.154. The van der Waals surface area contributed by atoms with Gasteiger partial charge in [0, 0.05) is 53.6 Å². The van der Waals surface area contributed by atoms with E-state index < -0.39 is 0 Å². The zero-order valence-corrected chi connectivity index (χ0v) is 26.9. The summed E-state index contributed by atoms with van der Waals surface area (Å²) in [7, 11) is 0. The van der Waals surface area contributed by atoms with E-state index in [0.717, 1.165) is 46.5 Å². The minimum atomic E-state index is -0.194. The van der Waals surface area contributed by atoms with Crippen molar-refractivity contribution >= 4 is 17.5 Å². The molecule has 5 aromatic rings. The summed E-state index contributed by atoms with van der Waals surface area (Å²) in [6, 6.07) is 26.7. The summed E-state index contributed by atoms with van der Waals surface area (Å²) in [5, 5.41) is 18.5. The number of ether oxygens (including phenoxy) is 1. The van der Waals surface area contributed by atoms with Crippen molar-refractivity contribution in [3.8, 4) is 22.6 Å². The van der Waals surface area contributed by atoms with E-state index >= 15 is 0 Å². The van der Waals surface area contributed by atoms with Gasteiger partial charge in [0.05, 0.1) is 19.3 Å². The molecule has 0 saturated carbocycles. The summed E-state index contributed by atoms with van der Waals surface area (Å²) in [6.45, 7) is 5.91. The van der Waals surface area contributed by atoms with Crippen molar-refractivity contribution in [2.75, 3.05) is 18.1 Å². The van der Waals surface area contributed by atoms with Crippen molar-refractivity contribution in [3.63, 3.8) is 0 Å². The number of carbonyl (C=O) groups excluding carboxylic acids is 2. The van der Waals surface area contributed by atoms with Gasteiger partial charge in [0.1, 0.15) is 11.5 Å². The van der Waals surface area contributed by atoms with Crippen LogP contribution in [0, 0.1) is 13.8 Å². The lowest BCUT2D eigenvalue weighted by molar-refractivity contribution is -0.118. The first-order valence-corrected chi connectivity index (χ1v) is 16.2. The molecule has 1 aromatic heterocycles. The van der Waals surface area contributed by atoms with Crippen LogP contribution in [-0.4, -0.2) is 39.9 Å². The molecule has 8 nitrogen and oxygen atoms in total. The molecule has 1 aliphatic rings. The maximum absolute atomic E-state index is 13.4. The molecule has 2 N–H and O–H groups in total. The lowest BCUT2D eigenvalue weighted by Crippen LogP contribution is -2.35. The highest BCUT2D eigenvalue weighted by Crippen LogP contribution is 2.36. The molecule has 0 saturated heterocycles. The van der Waals surface area contributed by atoms with Crippen LogP contribution in [0.25, 0.3) is 11.1 Å². The Morgan fingerprint density at radius 3 is 2.57 bits per heavy atom. The lowest BCUT2D eigenvalue weighted by atomic mass is 9.93. The highest BCUT2D eigenvalue weighted by atomic mass is 16.5. The molecular formula is C39H40N4O4. The number of aryl methyl sites for hydroxylation is 1. The number of phenolic OH excluding ortho intramolecular Hbond substituents is 1. The molecule has 2 amide bonds. The van der Waals surface area contributed by atoms with Crippen LogP contribution in [0.4, 0.5) is 5.69 Å². The molecule has 1 aliphatic heterocycles. The Bertz CT molecular complexity index is 1880. The predicted octanol–water partition coefficient (Wildman–Crippen LogP) is 6.99. The molecule has 0 spiro atoms. The van der Waals surface area contributed by atoms with Crippen LogP contribution in [0.3, 0.4) is 0 Å². The molecule has 8 heteroatoms. The molecule has 0 bridgehead atoms. The van der Waals surface area contributed by atoms with Crippen LogP contribution in [0.5, 0.6) is 11.5 Å². The van der Waals surface area contributed by atoms with Crippen LogP contribution in [0.2, 0.25) is 0 Å². The highest BCUT2D eigenvalue weighted by Gasteiger charge is 2.25. The average molecular weight is 629 g/mol. The summed E-state index contributed by atoms with van der Waals surface area (Å²) >= 11 is 0. The zero-order chi connectivity index (χ0) is 32.8. The third kappa shape index (κ3) is 7.22. The first-order chi connectivity index (χ1) is 22.9. The fourth-order valence-electron chi connectivity index (χ4n) is 6.12. The van der Waals surface area contributed by atoms with E-state index in [9.17, 15) is 14.7 Å². The van der Waals surface area contributed by atoms with Crippen molar-refractivity contribution in [2.24, 2.45) is 0 Å². The minimum Gasteiger partial charge on any atom is -0.507 e. The third-order valence-electron chi connectivity index (χ3n) is 8.85. The van der Waals surface area contributed by atoms with Crippen LogP contribution >= 0.6 is 0 Å². The largest absolute Gasteiger partial charge is 0.507 e. The van der Waals surface area contributed by atoms with Crippen LogP contribution in [0.15, 0.2) is 97.3 Å². The molecule has 0 aliphatic carbocycles. The van der Waals surface area contributed by atoms with Crippen LogP contribution < -0.4 is 15.0 Å². The van der Waals surface area contributed by atoms with E-state index in [4.69, 9.17) is 4.74 Å². The number of carbonyl (C=O) groups is 2. The number of hydrogen-bond acceptors (Lipinski definition) is 5. The van der Waals surface area contributed by atoms with Crippen LogP contribution in [0.1, 0.15) is 57.4 Å². The van der Waals surface area contributed by atoms with E-state index in [1.165, 1.54) is 5.56 Å². The second-order valence-corrected chi connectivity index (χ2v) is 12.0. The van der Waals surface area contributed by atoms with Crippen molar-refractivity contribution in [2.45, 2.75) is 52.6 Å². The maximum Gasteiger partial charge on any atom is 0.251 e. The molecule has 2 heterocycles. The second-order valence-electron chi connectivity index (χ2n) is 12.0. The van der Waals surface area contributed by atoms with Gasteiger partial charge in [0.15, 0.2) is 0 Å². The number of fused-ring (bicyclic) bond motifs is 1. The molecule has 47 heavy (non-hydrogen) atoms. The number of para-hydroxylation sites is 1. The minimum absolute atomic E-state index is 0.110. The standard InChI is InChI=1S/C39H40N4O4/c1-27-11-6-19-36(28(27)2)47-22-10-20-37(44)43-21-9-17-34-33(16-8-18-35(34)43)32-24-41-42(26-32)25-31-15-7-14-30(38(31)45)23-40-39(46)29-12-4-3-5-13-29/h3-8,11-16,18-19,24,26,45H,9-10,17,20-23,25H2,1-2H3,(H,40,46). The van der Waals surface area contributed by atoms with Gasteiger partial charge in [-0.1, -0.05) is 60.7 Å². The SMILES string of the molecule is Cc1cccc(OCCCC(=O)N2CCCc3c(-c4cnn(Cc5cccc(CNC(=O)c6ccccc6)c5O)c4)cccc32)c1C. The Labute approximate surface area is 275 Å². The van der Waals surface area contributed by atoms with Gasteiger partial charge in [-0.2, -0.15) is 5.10 Å². The summed E-state index contributed by atoms with van der Waals surface area (Å²) in [5.74, 6) is 0.934. The van der Waals surface area contributed by atoms with E-state index in [1.807, 2.05) is 71.9 Å². The van der Waals surface area contributed by atoms with Gasteiger partial charge in [0.2, 0.25) is 5.91 Å². The summed E-state index contributed by atoms with van der Waals surface area (Å²) in [5.41, 5.74) is 8.38. The van der Waals surface area contributed by atoms with Gasteiger partial charge in [0.25, 0.3) is 5.91 Å². The number of hydrogen-bond donors (Lipinski definition) is 2. The molecule has 0 unspecified atom stereocenters. The van der Waals surface area contributed by atoms with Gasteiger partial charge < -0.3 is 20.1 Å². The third-order valence-corrected chi connectivity index (χ3v) is 8.85. The average Bonchev–Trinajstić information content (AvgIpc) is 3.56. The second kappa shape index (κ2) is 14.4. The molecule has 6 rings (SSSR count). The molecular weight excluding hydrogens is 588 g/mol. The van der Waals surface area contributed by atoms with E-state index in [1.54, 1.807) is 22.9 Å². The maximum atomic E-state index is 13.4. The van der Waals surface area contributed by atoms with Crippen molar-refractivity contribution < 1.29 is 19.4 Å². The molecule has 4 aromatic carbocycles. The summed E-state index contributed by atoms with van der Waals surface area (Å²) < 4.78 is 7.79. The van der Waals surface area contributed by atoms with Gasteiger partial charge in [-0.3, -0.25) is 14.3 Å². The first kappa shape index (κ1) is 31.6. The molecule has 240 valence electrons. The molecule has 0 fully saturated rings. The van der Waals surface area contributed by atoms with Crippen molar-refractivity contribution in [1.29, 1.82) is 0 Å². The first-order valence-electron chi connectivity index (χ1n) is 16.2. The number of phenols is 1. The van der Waals surface area contributed by atoms with Crippen molar-refractivity contribution in [1.82, 2.24) is 15.1 Å². The van der Waals surface area contributed by atoms with Gasteiger partial charge in [-0.05, 0) is 79.6 Å². The Morgan fingerprint density at radius 2 is 1.72 bits per heavy atom. The Hall–Kier alpha value is -5.37. The fraction of sp³-hybridized carbons (Fsp3) is 0.256. The Balaban J connectivity index is 1.10. The number of nitrogens with zero attached hydrogens (tertiary/aromatic N) is 3. The number of amides is 2. The van der Waals surface area contributed by atoms with Gasteiger partial charge in [-0.25, -0.2) is 0 Å². The van der Waals surface area contributed by atoms with Crippen molar-refractivity contribution in [3.05, 3.63) is 131 Å². The number of rotatable bonds is 11. The smallest absolute Gasteiger partial charge is 0.251 e. The van der Waals surface area contributed by atoms with Gasteiger partial charge in [-0.15, -0.1) is 0 Å². The van der Waals surface area contributed by atoms with Crippen LogP contribution in [-0.2, 0) is 24.3 Å². The van der Waals surface area contributed by atoms with Gasteiger partial charge >= 0.3 is 0 Å². The monoisotopic (exact) mass is 628 g/mol. The number of anilines is 1. The molecule has 0 atom stereocenters. The fourth-order valence-corrected chi connectivity index (χ4v) is 6.12. The number of aromatic nitrogens is 2. The number of aromatic hydroxyl groups is 1. The highest BCUT2D eigenvalue weighted by molar-refractivity contribution is 5.96. The predicted molar refractivity (Wildman–Crippen MR) is 184 cm³/mol. The number of nitrogens with one attached hydrogen (secondary N) is 1. The van der Waals surface area contributed by atoms with E-state index in [-0.39, 0.29) is 24.1 Å².